The highest BCUT2D eigenvalue weighted by Crippen LogP contribution is 2.37. The predicted molar refractivity (Wildman–Crippen MR) is 75.4 cm³/mol. The zero-order chi connectivity index (χ0) is 13.9. The number of hydrogen-bond acceptors (Lipinski definition) is 4. The molecule has 3 unspecified atom stereocenters. The molecule has 1 aromatic carbocycles. The number of aliphatic hydroxyl groups is 1. The van der Waals surface area contributed by atoms with Crippen LogP contribution in [0.3, 0.4) is 0 Å². The topological polar surface area (TPSA) is 56.5 Å². The Morgan fingerprint density at radius 1 is 1.35 bits per heavy atom. The molecule has 2 aliphatic rings. The van der Waals surface area contributed by atoms with Crippen LogP contribution < -0.4 is 4.74 Å². The molecule has 3 atom stereocenters. The number of nitriles is 1. The molecule has 2 fully saturated rings. The van der Waals surface area contributed by atoms with Gasteiger partial charge in [-0.25, -0.2) is 0 Å². The minimum Gasteiger partial charge on any atom is -0.491 e. The van der Waals surface area contributed by atoms with Gasteiger partial charge in [-0.3, -0.25) is 4.90 Å². The van der Waals surface area contributed by atoms with Crippen LogP contribution in [0.5, 0.6) is 5.75 Å². The Hall–Kier alpha value is -1.57. The lowest BCUT2D eigenvalue weighted by atomic mass is 10.1. The third-order valence-electron chi connectivity index (χ3n) is 4.39. The number of hydrogen-bond donors (Lipinski definition) is 1. The Kier molecular flexibility index (Phi) is 3.90. The first kappa shape index (κ1) is 13.4. The Morgan fingerprint density at radius 3 is 2.75 bits per heavy atom. The molecule has 3 rings (SSSR count). The zero-order valence-electron chi connectivity index (χ0n) is 11.5. The van der Waals surface area contributed by atoms with Crippen LogP contribution in [0.1, 0.15) is 24.8 Å². The average molecular weight is 272 g/mol. The van der Waals surface area contributed by atoms with Gasteiger partial charge in [0.05, 0.1) is 11.6 Å². The Balaban J connectivity index is 1.44. The molecule has 1 aromatic rings. The summed E-state index contributed by atoms with van der Waals surface area (Å²) in [7, 11) is 0. The second-order valence-electron chi connectivity index (χ2n) is 5.89. The molecule has 106 valence electrons. The van der Waals surface area contributed by atoms with E-state index in [0.717, 1.165) is 12.5 Å². The van der Waals surface area contributed by atoms with Crippen LogP contribution in [0, 0.1) is 17.2 Å². The van der Waals surface area contributed by atoms with Crippen LogP contribution in [0.2, 0.25) is 0 Å². The summed E-state index contributed by atoms with van der Waals surface area (Å²) in [4.78, 5) is 2.40. The maximum Gasteiger partial charge on any atom is 0.119 e. The van der Waals surface area contributed by atoms with Crippen molar-refractivity contribution in [2.45, 2.75) is 31.4 Å². The second kappa shape index (κ2) is 5.82. The molecule has 2 bridgehead atoms. The van der Waals surface area contributed by atoms with Crippen LogP contribution >= 0.6 is 0 Å². The van der Waals surface area contributed by atoms with Crippen molar-refractivity contribution in [2.24, 2.45) is 5.92 Å². The van der Waals surface area contributed by atoms with E-state index in [1.54, 1.807) is 24.3 Å². The lowest BCUT2D eigenvalue weighted by molar-refractivity contribution is 0.0573. The summed E-state index contributed by atoms with van der Waals surface area (Å²) in [6.07, 6.45) is 3.50. The van der Waals surface area contributed by atoms with Gasteiger partial charge in [0.1, 0.15) is 18.5 Å². The number of benzene rings is 1. The SMILES string of the molecule is N#Cc1ccc(OCC(O)CN2CC3CCC2C3)cc1. The van der Waals surface area contributed by atoms with Gasteiger partial charge in [-0.05, 0) is 49.4 Å². The Morgan fingerprint density at radius 2 is 2.15 bits per heavy atom. The molecule has 0 spiro atoms. The highest BCUT2D eigenvalue weighted by molar-refractivity contribution is 5.34. The maximum atomic E-state index is 10.1. The van der Waals surface area contributed by atoms with E-state index in [9.17, 15) is 5.11 Å². The minimum atomic E-state index is -0.454. The minimum absolute atomic E-state index is 0.305. The summed E-state index contributed by atoms with van der Waals surface area (Å²) in [6, 6.07) is 9.74. The zero-order valence-corrected chi connectivity index (χ0v) is 11.5. The third-order valence-corrected chi connectivity index (χ3v) is 4.39. The van der Waals surface area contributed by atoms with E-state index in [-0.39, 0.29) is 0 Å². The van der Waals surface area contributed by atoms with Gasteiger partial charge in [-0.15, -0.1) is 0 Å². The van der Waals surface area contributed by atoms with Crippen molar-refractivity contribution in [3.8, 4) is 11.8 Å². The van der Waals surface area contributed by atoms with Crippen LogP contribution in [0.25, 0.3) is 0 Å². The standard InChI is InChI=1S/C16H20N2O2/c17-8-12-2-5-16(6-3-12)20-11-15(19)10-18-9-13-1-4-14(18)7-13/h2-3,5-6,13-15,19H,1,4,7,9-11H2. The monoisotopic (exact) mass is 272 g/mol. The number of rotatable bonds is 5. The number of likely N-dealkylation sites (tertiary alicyclic amines) is 1. The molecule has 20 heavy (non-hydrogen) atoms. The summed E-state index contributed by atoms with van der Waals surface area (Å²) in [5, 5.41) is 18.8. The second-order valence-corrected chi connectivity index (χ2v) is 5.89. The highest BCUT2D eigenvalue weighted by atomic mass is 16.5. The van der Waals surface area contributed by atoms with Gasteiger partial charge in [0.2, 0.25) is 0 Å². The van der Waals surface area contributed by atoms with Gasteiger partial charge in [0.25, 0.3) is 0 Å². The van der Waals surface area contributed by atoms with Gasteiger partial charge in [0, 0.05) is 19.1 Å². The van der Waals surface area contributed by atoms with E-state index < -0.39 is 6.10 Å². The van der Waals surface area contributed by atoms with Gasteiger partial charge >= 0.3 is 0 Å². The lowest BCUT2D eigenvalue weighted by Crippen LogP contribution is -2.40. The quantitative estimate of drug-likeness (QED) is 0.887. The summed E-state index contributed by atoms with van der Waals surface area (Å²) in [6.45, 7) is 2.15. The van der Waals surface area contributed by atoms with Crippen molar-refractivity contribution < 1.29 is 9.84 Å². The smallest absolute Gasteiger partial charge is 0.119 e. The van der Waals surface area contributed by atoms with Crippen molar-refractivity contribution in [1.29, 1.82) is 5.26 Å². The molecule has 0 amide bonds. The number of β-amino-alcohol motifs (C(OH)–C–C–N with tert-alkyl or cyclic N) is 1. The molecule has 0 aromatic heterocycles. The predicted octanol–water partition coefficient (Wildman–Crippen LogP) is 1.78. The molecule has 0 radical (unpaired) electrons. The van der Waals surface area contributed by atoms with Crippen molar-refractivity contribution in [3.63, 3.8) is 0 Å². The first-order chi connectivity index (χ1) is 9.74. The summed E-state index contributed by atoms with van der Waals surface area (Å²) in [5.41, 5.74) is 0.617. The molecule has 4 heteroatoms. The summed E-state index contributed by atoms with van der Waals surface area (Å²) >= 11 is 0. The third kappa shape index (κ3) is 2.95. The van der Waals surface area contributed by atoms with Crippen LogP contribution in [0.4, 0.5) is 0 Å². The van der Waals surface area contributed by atoms with Gasteiger partial charge in [-0.2, -0.15) is 5.26 Å². The van der Waals surface area contributed by atoms with E-state index in [1.807, 2.05) is 0 Å². The first-order valence-corrected chi connectivity index (χ1v) is 7.29. The average Bonchev–Trinajstić information content (AvgIpc) is 3.08. The molecular formula is C16H20N2O2. The van der Waals surface area contributed by atoms with E-state index >= 15 is 0 Å². The Bertz CT molecular complexity index is 494. The first-order valence-electron chi connectivity index (χ1n) is 7.29. The van der Waals surface area contributed by atoms with E-state index in [1.165, 1.54) is 19.3 Å². The largest absolute Gasteiger partial charge is 0.491 e. The van der Waals surface area contributed by atoms with Crippen molar-refractivity contribution >= 4 is 0 Å². The normalized spacial score (nSPS) is 26.4. The summed E-state index contributed by atoms with van der Waals surface area (Å²) in [5.74, 6) is 1.55. The van der Waals surface area contributed by atoms with Crippen molar-refractivity contribution in [1.82, 2.24) is 4.90 Å². The molecule has 4 nitrogen and oxygen atoms in total. The number of aliphatic hydroxyl groups excluding tert-OH is 1. The maximum absolute atomic E-state index is 10.1. The fourth-order valence-electron chi connectivity index (χ4n) is 3.39. The molecule has 1 heterocycles. The van der Waals surface area contributed by atoms with Crippen molar-refractivity contribution in [3.05, 3.63) is 29.8 Å². The fraction of sp³-hybridized carbons (Fsp3) is 0.562. The van der Waals surface area contributed by atoms with Crippen LogP contribution in [0.15, 0.2) is 24.3 Å². The number of ether oxygens (including phenoxy) is 1. The van der Waals surface area contributed by atoms with Gasteiger partial charge in [0.15, 0.2) is 0 Å². The Labute approximate surface area is 119 Å². The lowest BCUT2D eigenvalue weighted by Gasteiger charge is -2.28. The van der Waals surface area contributed by atoms with E-state index in [0.29, 0.717) is 30.5 Å². The van der Waals surface area contributed by atoms with Crippen LogP contribution in [-0.2, 0) is 0 Å². The number of piperidine rings is 1. The van der Waals surface area contributed by atoms with Gasteiger partial charge < -0.3 is 9.84 Å². The fourth-order valence-corrected chi connectivity index (χ4v) is 3.39. The molecule has 1 N–H and O–H groups in total. The van der Waals surface area contributed by atoms with Gasteiger partial charge in [-0.1, -0.05) is 0 Å². The van der Waals surface area contributed by atoms with E-state index in [4.69, 9.17) is 10.00 Å². The molecular weight excluding hydrogens is 252 g/mol. The number of nitrogens with zero attached hydrogens (tertiary/aromatic N) is 2. The molecule has 1 aliphatic carbocycles. The number of fused-ring (bicyclic) bond motifs is 2. The van der Waals surface area contributed by atoms with E-state index in [2.05, 4.69) is 11.0 Å². The molecule has 1 saturated heterocycles. The molecule has 1 saturated carbocycles. The van der Waals surface area contributed by atoms with Crippen LogP contribution in [-0.4, -0.2) is 41.8 Å². The molecule has 1 aliphatic heterocycles. The highest BCUT2D eigenvalue weighted by Gasteiger charge is 2.38. The van der Waals surface area contributed by atoms with Crippen molar-refractivity contribution in [2.75, 3.05) is 19.7 Å². The summed E-state index contributed by atoms with van der Waals surface area (Å²) < 4.78 is 5.57.